The maximum Gasteiger partial charge on any atom is 0.171 e. The third-order valence-corrected chi connectivity index (χ3v) is 4.02. The highest BCUT2D eigenvalue weighted by Crippen LogP contribution is 2.24. The SMILES string of the molecule is Cc1ccc(F)c(NC(=S)N[C@@H]2CCCC[C@H]2C)c1. The van der Waals surface area contributed by atoms with E-state index in [0.717, 1.165) is 12.0 Å². The fourth-order valence-corrected chi connectivity index (χ4v) is 2.85. The second-order valence-electron chi connectivity index (χ2n) is 5.45. The molecule has 1 fully saturated rings. The lowest BCUT2D eigenvalue weighted by Gasteiger charge is -2.30. The summed E-state index contributed by atoms with van der Waals surface area (Å²) in [6, 6.07) is 5.39. The number of hydrogen-bond acceptors (Lipinski definition) is 1. The summed E-state index contributed by atoms with van der Waals surface area (Å²) in [5, 5.41) is 6.80. The van der Waals surface area contributed by atoms with E-state index in [2.05, 4.69) is 17.6 Å². The quantitative estimate of drug-likeness (QED) is 0.801. The standard InChI is InChI=1S/C15H21FN2S/c1-10-7-8-12(16)14(9-10)18-15(19)17-13-6-4-3-5-11(13)2/h7-9,11,13H,3-6H2,1-2H3,(H2,17,18,19)/t11-,13-/m1/s1. The average molecular weight is 280 g/mol. The summed E-state index contributed by atoms with van der Waals surface area (Å²) in [5.41, 5.74) is 1.46. The molecule has 1 aromatic carbocycles. The summed E-state index contributed by atoms with van der Waals surface area (Å²) in [4.78, 5) is 0. The van der Waals surface area contributed by atoms with Gasteiger partial charge in [0, 0.05) is 6.04 Å². The smallest absolute Gasteiger partial charge is 0.171 e. The molecule has 104 valence electrons. The molecule has 0 amide bonds. The van der Waals surface area contributed by atoms with E-state index < -0.39 is 0 Å². The van der Waals surface area contributed by atoms with Crippen LogP contribution in [0.25, 0.3) is 0 Å². The summed E-state index contributed by atoms with van der Waals surface area (Å²) < 4.78 is 13.6. The molecular weight excluding hydrogens is 259 g/mol. The Balaban J connectivity index is 1.95. The molecule has 0 bridgehead atoms. The Hall–Kier alpha value is -1.16. The summed E-state index contributed by atoms with van der Waals surface area (Å²) in [6.07, 6.45) is 4.91. The second-order valence-corrected chi connectivity index (χ2v) is 5.86. The Morgan fingerprint density at radius 3 is 2.79 bits per heavy atom. The van der Waals surface area contributed by atoms with E-state index in [0.29, 0.717) is 22.8 Å². The van der Waals surface area contributed by atoms with Gasteiger partial charge in [-0.25, -0.2) is 4.39 Å². The Morgan fingerprint density at radius 2 is 2.05 bits per heavy atom. The molecule has 1 aliphatic rings. The van der Waals surface area contributed by atoms with Gasteiger partial charge in [0.15, 0.2) is 5.11 Å². The fourth-order valence-electron chi connectivity index (χ4n) is 2.59. The first-order chi connectivity index (χ1) is 9.06. The summed E-state index contributed by atoms with van der Waals surface area (Å²) in [6.45, 7) is 4.18. The van der Waals surface area contributed by atoms with E-state index in [1.165, 1.54) is 25.3 Å². The molecule has 1 aliphatic carbocycles. The predicted molar refractivity (Wildman–Crippen MR) is 81.9 cm³/mol. The topological polar surface area (TPSA) is 24.1 Å². The molecule has 0 heterocycles. The number of thiocarbonyl (C=S) groups is 1. The molecule has 0 saturated heterocycles. The lowest BCUT2D eigenvalue weighted by molar-refractivity contribution is 0.309. The van der Waals surface area contributed by atoms with E-state index in [4.69, 9.17) is 12.2 Å². The molecular formula is C15H21FN2S. The summed E-state index contributed by atoms with van der Waals surface area (Å²) >= 11 is 5.28. The zero-order chi connectivity index (χ0) is 13.8. The van der Waals surface area contributed by atoms with Crippen LogP contribution in [0.4, 0.5) is 10.1 Å². The molecule has 0 aromatic heterocycles. The van der Waals surface area contributed by atoms with Crippen LogP contribution in [0.5, 0.6) is 0 Å². The monoisotopic (exact) mass is 280 g/mol. The van der Waals surface area contributed by atoms with E-state index in [1.807, 2.05) is 6.92 Å². The number of benzene rings is 1. The van der Waals surface area contributed by atoms with Crippen molar-refractivity contribution in [2.75, 3.05) is 5.32 Å². The highest BCUT2D eigenvalue weighted by Gasteiger charge is 2.21. The van der Waals surface area contributed by atoms with Crippen LogP contribution in [-0.4, -0.2) is 11.2 Å². The highest BCUT2D eigenvalue weighted by molar-refractivity contribution is 7.80. The van der Waals surface area contributed by atoms with Crippen LogP contribution in [0.3, 0.4) is 0 Å². The van der Waals surface area contributed by atoms with Crippen LogP contribution in [0.15, 0.2) is 18.2 Å². The van der Waals surface area contributed by atoms with E-state index >= 15 is 0 Å². The largest absolute Gasteiger partial charge is 0.359 e. The molecule has 19 heavy (non-hydrogen) atoms. The minimum atomic E-state index is -0.272. The van der Waals surface area contributed by atoms with Crippen molar-refractivity contribution < 1.29 is 4.39 Å². The van der Waals surface area contributed by atoms with Crippen LogP contribution in [0.1, 0.15) is 38.2 Å². The van der Waals surface area contributed by atoms with Gasteiger partial charge in [0.1, 0.15) is 5.82 Å². The van der Waals surface area contributed by atoms with Crippen LogP contribution < -0.4 is 10.6 Å². The average Bonchev–Trinajstić information content (AvgIpc) is 2.37. The van der Waals surface area contributed by atoms with Crippen LogP contribution in [-0.2, 0) is 0 Å². The first kappa shape index (κ1) is 14.3. The van der Waals surface area contributed by atoms with Crippen LogP contribution >= 0.6 is 12.2 Å². The van der Waals surface area contributed by atoms with Gasteiger partial charge in [-0.15, -0.1) is 0 Å². The molecule has 2 nitrogen and oxygen atoms in total. The van der Waals surface area contributed by atoms with Crippen LogP contribution in [0, 0.1) is 18.7 Å². The number of halogens is 1. The Kier molecular flexibility index (Phi) is 4.75. The van der Waals surface area contributed by atoms with Gasteiger partial charge in [-0.2, -0.15) is 0 Å². The lowest BCUT2D eigenvalue weighted by Crippen LogP contribution is -2.43. The van der Waals surface area contributed by atoms with Gasteiger partial charge in [-0.3, -0.25) is 0 Å². The van der Waals surface area contributed by atoms with Crippen molar-refractivity contribution in [3.8, 4) is 0 Å². The highest BCUT2D eigenvalue weighted by atomic mass is 32.1. The third-order valence-electron chi connectivity index (χ3n) is 3.80. The summed E-state index contributed by atoms with van der Waals surface area (Å²) in [7, 11) is 0. The zero-order valence-corrected chi connectivity index (χ0v) is 12.3. The van der Waals surface area contributed by atoms with Gasteiger partial charge >= 0.3 is 0 Å². The van der Waals surface area contributed by atoms with Gasteiger partial charge in [0.05, 0.1) is 5.69 Å². The predicted octanol–water partition coefficient (Wildman–Crippen LogP) is 4.00. The van der Waals surface area contributed by atoms with E-state index in [9.17, 15) is 4.39 Å². The van der Waals surface area contributed by atoms with Gasteiger partial charge < -0.3 is 10.6 Å². The zero-order valence-electron chi connectivity index (χ0n) is 11.5. The van der Waals surface area contributed by atoms with Gasteiger partial charge in [-0.05, 0) is 55.6 Å². The number of anilines is 1. The number of aryl methyl sites for hydroxylation is 1. The molecule has 2 atom stereocenters. The van der Waals surface area contributed by atoms with Crippen molar-refractivity contribution in [1.82, 2.24) is 5.32 Å². The number of rotatable bonds is 2. The molecule has 1 saturated carbocycles. The van der Waals surface area contributed by atoms with Crippen molar-refractivity contribution in [2.45, 2.75) is 45.6 Å². The molecule has 1 aromatic rings. The third kappa shape index (κ3) is 3.90. The summed E-state index contributed by atoms with van der Waals surface area (Å²) in [5.74, 6) is 0.349. The second kappa shape index (κ2) is 6.33. The molecule has 2 rings (SSSR count). The van der Waals surface area contributed by atoms with Crippen molar-refractivity contribution in [1.29, 1.82) is 0 Å². The minimum absolute atomic E-state index is 0.272. The Labute approximate surface area is 119 Å². The molecule has 0 radical (unpaired) electrons. The van der Waals surface area contributed by atoms with Gasteiger partial charge in [-0.1, -0.05) is 25.8 Å². The minimum Gasteiger partial charge on any atom is -0.359 e. The van der Waals surface area contributed by atoms with Gasteiger partial charge in [0.2, 0.25) is 0 Å². The van der Waals surface area contributed by atoms with Crippen molar-refractivity contribution in [3.63, 3.8) is 0 Å². The lowest BCUT2D eigenvalue weighted by atomic mass is 9.86. The normalized spacial score (nSPS) is 22.9. The maximum atomic E-state index is 13.6. The van der Waals surface area contributed by atoms with Crippen molar-refractivity contribution >= 4 is 23.0 Å². The molecule has 2 N–H and O–H groups in total. The maximum absolute atomic E-state index is 13.6. The Morgan fingerprint density at radius 1 is 1.32 bits per heavy atom. The first-order valence-electron chi connectivity index (χ1n) is 6.90. The van der Waals surface area contributed by atoms with E-state index in [-0.39, 0.29) is 5.82 Å². The molecule has 0 spiro atoms. The molecule has 0 aliphatic heterocycles. The van der Waals surface area contributed by atoms with Gasteiger partial charge in [0.25, 0.3) is 0 Å². The molecule has 0 unspecified atom stereocenters. The van der Waals surface area contributed by atoms with Crippen molar-refractivity contribution in [2.24, 2.45) is 5.92 Å². The van der Waals surface area contributed by atoms with Crippen LogP contribution in [0.2, 0.25) is 0 Å². The fraction of sp³-hybridized carbons (Fsp3) is 0.533. The van der Waals surface area contributed by atoms with E-state index in [1.54, 1.807) is 12.1 Å². The number of hydrogen-bond donors (Lipinski definition) is 2. The number of nitrogens with one attached hydrogen (secondary N) is 2. The first-order valence-corrected chi connectivity index (χ1v) is 7.31. The molecule has 4 heteroatoms. The van der Waals surface area contributed by atoms with Crippen molar-refractivity contribution in [3.05, 3.63) is 29.6 Å². The Bertz CT molecular complexity index is 461.